The minimum atomic E-state index is -0.479. The van der Waals surface area contributed by atoms with Crippen molar-refractivity contribution < 1.29 is 4.92 Å². The van der Waals surface area contributed by atoms with E-state index in [1.165, 1.54) is 18.1 Å². The monoisotopic (exact) mass is 313 g/mol. The van der Waals surface area contributed by atoms with Gasteiger partial charge in [-0.3, -0.25) is 15.1 Å². The van der Waals surface area contributed by atoms with Crippen LogP contribution < -0.4 is 5.32 Å². The van der Waals surface area contributed by atoms with Crippen molar-refractivity contribution >= 4 is 34.2 Å². The zero-order valence-corrected chi connectivity index (χ0v) is 12.4. The number of benzene rings is 1. The minimum absolute atomic E-state index is 0.136. The molecule has 3 rings (SSSR count). The Labute approximate surface area is 130 Å². The number of hydrogen-bond acceptors (Lipinski definition) is 7. The van der Waals surface area contributed by atoms with Gasteiger partial charge >= 0.3 is 5.69 Å². The Morgan fingerprint density at radius 3 is 2.77 bits per heavy atom. The number of rotatable bonds is 4. The minimum Gasteiger partial charge on any atom is -0.367 e. The summed E-state index contributed by atoms with van der Waals surface area (Å²) in [6, 6.07) is 9.49. The molecule has 0 unspecified atom stereocenters. The first-order chi connectivity index (χ1) is 10.7. The number of pyridine rings is 1. The van der Waals surface area contributed by atoms with Crippen molar-refractivity contribution in [2.75, 3.05) is 12.4 Å². The molecule has 3 aromatic rings. The summed E-state index contributed by atoms with van der Waals surface area (Å²) in [5.74, 6) is 0.190. The largest absolute Gasteiger partial charge is 0.367 e. The summed E-state index contributed by atoms with van der Waals surface area (Å²) in [7, 11) is 1.59. The first kappa shape index (κ1) is 14.2. The molecule has 0 bridgehead atoms. The summed E-state index contributed by atoms with van der Waals surface area (Å²) >= 11 is 1.21. The van der Waals surface area contributed by atoms with E-state index in [9.17, 15) is 10.1 Å². The molecular formula is C14H11N5O2S. The molecule has 1 aromatic carbocycles. The number of para-hydroxylation sites is 1. The molecule has 0 aliphatic rings. The molecule has 0 spiro atoms. The highest BCUT2D eigenvalue weighted by Gasteiger charge is 2.23. The van der Waals surface area contributed by atoms with E-state index in [1.54, 1.807) is 13.2 Å². The van der Waals surface area contributed by atoms with E-state index in [2.05, 4.69) is 20.3 Å². The first-order valence-corrected chi connectivity index (χ1v) is 7.21. The number of nitrogens with one attached hydrogen (secondary N) is 1. The van der Waals surface area contributed by atoms with Crippen molar-refractivity contribution in [2.45, 2.75) is 9.92 Å². The highest BCUT2D eigenvalue weighted by Crippen LogP contribution is 2.38. The van der Waals surface area contributed by atoms with Gasteiger partial charge in [-0.25, -0.2) is 9.97 Å². The van der Waals surface area contributed by atoms with E-state index in [0.717, 1.165) is 15.8 Å². The molecule has 0 atom stereocenters. The Hall–Kier alpha value is -2.74. The third-order valence-corrected chi connectivity index (χ3v) is 4.05. The van der Waals surface area contributed by atoms with Crippen LogP contribution in [-0.2, 0) is 0 Å². The van der Waals surface area contributed by atoms with E-state index >= 15 is 0 Å². The van der Waals surface area contributed by atoms with Crippen LogP contribution >= 0.6 is 11.8 Å². The van der Waals surface area contributed by atoms with Gasteiger partial charge in [0.1, 0.15) is 6.33 Å². The molecule has 1 N–H and O–H groups in total. The first-order valence-electron chi connectivity index (χ1n) is 6.39. The molecule has 0 radical (unpaired) electrons. The number of nitro groups is 1. The lowest BCUT2D eigenvalue weighted by molar-refractivity contribution is -0.387. The third-order valence-electron chi connectivity index (χ3n) is 3.01. The lowest BCUT2D eigenvalue weighted by Crippen LogP contribution is -2.02. The van der Waals surface area contributed by atoms with Crippen LogP contribution in [0, 0.1) is 10.1 Å². The second-order valence-corrected chi connectivity index (χ2v) is 5.35. The molecule has 8 heteroatoms. The summed E-state index contributed by atoms with van der Waals surface area (Å²) in [6.07, 6.45) is 3.00. The van der Waals surface area contributed by atoms with E-state index in [-0.39, 0.29) is 16.5 Å². The van der Waals surface area contributed by atoms with Gasteiger partial charge in [-0.2, -0.15) is 0 Å². The Morgan fingerprint density at radius 1 is 1.18 bits per heavy atom. The van der Waals surface area contributed by atoms with Gasteiger partial charge in [0.05, 0.1) is 10.4 Å². The van der Waals surface area contributed by atoms with Gasteiger partial charge in [0.2, 0.25) is 5.82 Å². The molecule has 0 aliphatic heterocycles. The van der Waals surface area contributed by atoms with Crippen molar-refractivity contribution in [3.8, 4) is 0 Å². The number of aromatic nitrogens is 3. The highest BCUT2D eigenvalue weighted by atomic mass is 32.2. The molecule has 0 fully saturated rings. The maximum Gasteiger partial charge on any atom is 0.343 e. The molecule has 0 aliphatic carbocycles. The van der Waals surface area contributed by atoms with Gasteiger partial charge in [-0.1, -0.05) is 30.0 Å². The summed E-state index contributed by atoms with van der Waals surface area (Å²) in [6.45, 7) is 0. The van der Waals surface area contributed by atoms with Crippen molar-refractivity contribution in [1.29, 1.82) is 0 Å². The zero-order valence-electron chi connectivity index (χ0n) is 11.6. The lowest BCUT2D eigenvalue weighted by atomic mass is 10.2. The van der Waals surface area contributed by atoms with Crippen LogP contribution in [0.3, 0.4) is 0 Å². The van der Waals surface area contributed by atoms with Crippen molar-refractivity contribution in [3.63, 3.8) is 0 Å². The lowest BCUT2D eigenvalue weighted by Gasteiger charge is -2.07. The Balaban J connectivity index is 2.11. The van der Waals surface area contributed by atoms with E-state index in [0.29, 0.717) is 0 Å². The number of anilines is 1. The SMILES string of the molecule is CNc1ncnc(Sc2cccc3cccnc23)c1[N+](=O)[O-]. The fourth-order valence-electron chi connectivity index (χ4n) is 2.05. The van der Waals surface area contributed by atoms with Crippen LogP contribution in [0.25, 0.3) is 10.9 Å². The van der Waals surface area contributed by atoms with E-state index in [1.807, 2.05) is 30.3 Å². The predicted molar refractivity (Wildman–Crippen MR) is 84.1 cm³/mol. The average molecular weight is 313 g/mol. The van der Waals surface area contributed by atoms with Gasteiger partial charge in [-0.05, 0) is 12.1 Å². The molecule has 110 valence electrons. The van der Waals surface area contributed by atoms with Crippen molar-refractivity contribution in [3.05, 3.63) is 53.0 Å². The van der Waals surface area contributed by atoms with Crippen LogP contribution in [0.15, 0.2) is 52.8 Å². The fraction of sp³-hybridized carbons (Fsp3) is 0.0714. The van der Waals surface area contributed by atoms with Crippen molar-refractivity contribution in [1.82, 2.24) is 15.0 Å². The van der Waals surface area contributed by atoms with Crippen LogP contribution in [0.4, 0.5) is 11.5 Å². The predicted octanol–water partition coefficient (Wildman–Crippen LogP) is 3.13. The maximum atomic E-state index is 11.3. The maximum absolute atomic E-state index is 11.3. The third kappa shape index (κ3) is 2.56. The van der Waals surface area contributed by atoms with Crippen LogP contribution in [-0.4, -0.2) is 26.9 Å². The second-order valence-electron chi connectivity index (χ2n) is 4.32. The Morgan fingerprint density at radius 2 is 2.00 bits per heavy atom. The smallest absolute Gasteiger partial charge is 0.343 e. The average Bonchev–Trinajstić information content (AvgIpc) is 2.54. The van der Waals surface area contributed by atoms with E-state index < -0.39 is 4.92 Å². The van der Waals surface area contributed by atoms with Crippen LogP contribution in [0.1, 0.15) is 0 Å². The molecule has 2 heterocycles. The summed E-state index contributed by atoms with van der Waals surface area (Å²) in [5.41, 5.74) is 0.650. The Bertz CT molecular complexity index is 850. The molecule has 0 saturated carbocycles. The molecule has 0 saturated heterocycles. The molecule has 2 aromatic heterocycles. The summed E-state index contributed by atoms with van der Waals surface area (Å²) in [5, 5.41) is 15.3. The Kier molecular flexibility index (Phi) is 3.84. The van der Waals surface area contributed by atoms with Gasteiger partial charge < -0.3 is 5.32 Å². The molecule has 0 amide bonds. The van der Waals surface area contributed by atoms with Gasteiger partial charge in [0, 0.05) is 23.5 Å². The van der Waals surface area contributed by atoms with Gasteiger partial charge in [-0.15, -0.1) is 0 Å². The normalized spacial score (nSPS) is 10.6. The van der Waals surface area contributed by atoms with Crippen LogP contribution in [0.2, 0.25) is 0 Å². The topological polar surface area (TPSA) is 93.8 Å². The highest BCUT2D eigenvalue weighted by molar-refractivity contribution is 7.99. The molecular weight excluding hydrogens is 302 g/mol. The standard InChI is InChI=1S/C14H11N5O2S/c1-15-13-12(19(20)21)14(18-8-17-13)22-10-6-2-4-9-5-3-7-16-11(9)10/h2-8H,1H3,(H,15,17,18). The van der Waals surface area contributed by atoms with Crippen LogP contribution in [0.5, 0.6) is 0 Å². The summed E-state index contributed by atoms with van der Waals surface area (Å²) < 4.78 is 0. The quantitative estimate of drug-likeness (QED) is 0.449. The van der Waals surface area contributed by atoms with E-state index in [4.69, 9.17) is 0 Å². The molecule has 7 nitrogen and oxygen atoms in total. The molecule has 22 heavy (non-hydrogen) atoms. The second kappa shape index (κ2) is 5.94. The number of nitrogens with zero attached hydrogens (tertiary/aromatic N) is 4. The fourth-order valence-corrected chi connectivity index (χ4v) is 3.04. The van der Waals surface area contributed by atoms with Gasteiger partial charge in [0.15, 0.2) is 5.03 Å². The zero-order chi connectivity index (χ0) is 15.5. The van der Waals surface area contributed by atoms with Gasteiger partial charge in [0.25, 0.3) is 0 Å². The van der Waals surface area contributed by atoms with Crippen molar-refractivity contribution in [2.24, 2.45) is 0 Å². The number of fused-ring (bicyclic) bond motifs is 1. The number of hydrogen-bond donors (Lipinski definition) is 1. The summed E-state index contributed by atoms with van der Waals surface area (Å²) in [4.78, 5) is 23.9.